The summed E-state index contributed by atoms with van der Waals surface area (Å²) in [5.74, 6) is -1.33. The van der Waals surface area contributed by atoms with Crippen LogP contribution in [-0.4, -0.2) is 23.0 Å². The van der Waals surface area contributed by atoms with Crippen LogP contribution in [0.15, 0.2) is 12.2 Å². The van der Waals surface area contributed by atoms with Gasteiger partial charge in [0.2, 0.25) is 5.91 Å². The van der Waals surface area contributed by atoms with E-state index in [9.17, 15) is 9.59 Å². The maximum atomic E-state index is 11.1. The lowest BCUT2D eigenvalue weighted by Crippen LogP contribution is -2.39. The van der Waals surface area contributed by atoms with Crippen LogP contribution in [0.4, 0.5) is 0 Å². The molecule has 4 nitrogen and oxygen atoms in total. The molecule has 0 saturated carbocycles. The van der Waals surface area contributed by atoms with E-state index >= 15 is 0 Å². The van der Waals surface area contributed by atoms with Gasteiger partial charge in [-0.25, -0.2) is 4.79 Å². The van der Waals surface area contributed by atoms with Gasteiger partial charge < -0.3 is 10.4 Å². The van der Waals surface area contributed by atoms with Crippen molar-refractivity contribution in [3.8, 4) is 0 Å². The van der Waals surface area contributed by atoms with Gasteiger partial charge in [0.25, 0.3) is 0 Å². The Hall–Kier alpha value is -1.32. The van der Waals surface area contributed by atoms with Gasteiger partial charge in [0.1, 0.15) is 6.04 Å². The van der Waals surface area contributed by atoms with Gasteiger partial charge >= 0.3 is 5.97 Å². The van der Waals surface area contributed by atoms with E-state index in [-0.39, 0.29) is 5.91 Å². The highest BCUT2D eigenvalue weighted by atomic mass is 16.4. The molecule has 0 bridgehead atoms. The molecule has 0 aliphatic rings. The van der Waals surface area contributed by atoms with Crippen molar-refractivity contribution in [1.82, 2.24) is 5.32 Å². The van der Waals surface area contributed by atoms with Crippen LogP contribution in [0.3, 0.4) is 0 Å². The fraction of sp³-hybridized carbons (Fsp3) is 0.600. The highest BCUT2D eigenvalue weighted by molar-refractivity contribution is 5.90. The summed E-state index contributed by atoms with van der Waals surface area (Å²) in [6, 6.07) is -0.765. The minimum absolute atomic E-state index is 0.351. The van der Waals surface area contributed by atoms with Gasteiger partial charge in [0.05, 0.1) is 0 Å². The second-order valence-electron chi connectivity index (χ2n) is 3.04. The minimum atomic E-state index is -0.976. The molecule has 14 heavy (non-hydrogen) atoms. The van der Waals surface area contributed by atoms with E-state index in [1.807, 2.05) is 6.92 Å². The van der Waals surface area contributed by atoms with Crippen LogP contribution in [0.25, 0.3) is 0 Å². The number of carboxylic acids is 1. The predicted octanol–water partition coefficient (Wildman–Crippen LogP) is 1.32. The quantitative estimate of drug-likeness (QED) is 0.634. The topological polar surface area (TPSA) is 66.4 Å². The Labute approximate surface area is 84.0 Å². The summed E-state index contributed by atoms with van der Waals surface area (Å²) in [5, 5.41) is 11.2. The predicted molar refractivity (Wildman–Crippen MR) is 53.9 cm³/mol. The third-order valence-electron chi connectivity index (χ3n) is 1.78. The largest absolute Gasteiger partial charge is 0.480 e. The number of allylic oxidation sites excluding steroid dienone is 1. The Morgan fingerprint density at radius 3 is 2.57 bits per heavy atom. The van der Waals surface area contributed by atoms with Gasteiger partial charge in [-0.3, -0.25) is 4.79 Å². The highest BCUT2D eigenvalue weighted by Crippen LogP contribution is 2.00. The van der Waals surface area contributed by atoms with E-state index in [1.165, 1.54) is 6.08 Å². The zero-order chi connectivity index (χ0) is 11.0. The van der Waals surface area contributed by atoms with Crippen molar-refractivity contribution in [2.24, 2.45) is 0 Å². The van der Waals surface area contributed by atoms with Crippen LogP contribution >= 0.6 is 0 Å². The molecule has 0 saturated heterocycles. The summed E-state index contributed by atoms with van der Waals surface area (Å²) in [4.78, 5) is 21.8. The van der Waals surface area contributed by atoms with Crippen molar-refractivity contribution in [2.45, 2.75) is 39.2 Å². The molecule has 0 aromatic rings. The van der Waals surface area contributed by atoms with Crippen molar-refractivity contribution in [2.75, 3.05) is 0 Å². The van der Waals surface area contributed by atoms with Crippen LogP contribution in [0.5, 0.6) is 0 Å². The molecular formula is C10H17NO3. The Bertz CT molecular complexity index is 223. The highest BCUT2D eigenvalue weighted by Gasteiger charge is 2.17. The van der Waals surface area contributed by atoms with Crippen molar-refractivity contribution in [3.63, 3.8) is 0 Å². The Kier molecular flexibility index (Phi) is 6.45. The Balaban J connectivity index is 4.08. The van der Waals surface area contributed by atoms with E-state index < -0.39 is 12.0 Å². The maximum Gasteiger partial charge on any atom is 0.326 e. The number of hydrogen-bond donors (Lipinski definition) is 2. The third-order valence-corrected chi connectivity index (χ3v) is 1.78. The van der Waals surface area contributed by atoms with E-state index in [0.29, 0.717) is 6.42 Å². The maximum absolute atomic E-state index is 11.1. The summed E-state index contributed by atoms with van der Waals surface area (Å²) in [6.45, 7) is 3.69. The van der Waals surface area contributed by atoms with Gasteiger partial charge in [-0.15, -0.1) is 0 Å². The van der Waals surface area contributed by atoms with Gasteiger partial charge in [-0.1, -0.05) is 25.8 Å². The second-order valence-corrected chi connectivity index (χ2v) is 3.04. The van der Waals surface area contributed by atoms with Crippen LogP contribution in [0.2, 0.25) is 0 Å². The SMILES string of the molecule is C/C=C/C(=O)N[C@@H](CCCC)C(=O)O. The van der Waals surface area contributed by atoms with Crippen LogP contribution in [0.1, 0.15) is 33.1 Å². The number of carbonyl (C=O) groups excluding carboxylic acids is 1. The lowest BCUT2D eigenvalue weighted by Gasteiger charge is -2.12. The second kappa shape index (κ2) is 7.12. The lowest BCUT2D eigenvalue weighted by molar-refractivity contribution is -0.141. The average Bonchev–Trinajstić information content (AvgIpc) is 2.12. The van der Waals surface area contributed by atoms with Crippen molar-refractivity contribution in [3.05, 3.63) is 12.2 Å². The van der Waals surface area contributed by atoms with Crippen molar-refractivity contribution in [1.29, 1.82) is 0 Å². The Morgan fingerprint density at radius 2 is 2.14 bits per heavy atom. The average molecular weight is 199 g/mol. The smallest absolute Gasteiger partial charge is 0.326 e. The number of rotatable bonds is 6. The number of unbranched alkanes of at least 4 members (excludes halogenated alkanes) is 1. The summed E-state index contributed by atoms with van der Waals surface area (Å²) in [5.41, 5.74) is 0. The molecule has 0 unspecified atom stereocenters. The molecule has 0 aromatic carbocycles. The van der Waals surface area contributed by atoms with Crippen molar-refractivity contribution >= 4 is 11.9 Å². The van der Waals surface area contributed by atoms with Crippen molar-refractivity contribution < 1.29 is 14.7 Å². The summed E-state index contributed by atoms with van der Waals surface area (Å²) >= 11 is 0. The molecule has 0 aromatic heterocycles. The van der Waals surface area contributed by atoms with Crippen LogP contribution in [0, 0.1) is 0 Å². The van der Waals surface area contributed by atoms with Gasteiger partial charge in [0.15, 0.2) is 0 Å². The zero-order valence-corrected chi connectivity index (χ0v) is 8.62. The monoisotopic (exact) mass is 199 g/mol. The third kappa shape index (κ3) is 5.35. The molecule has 2 N–H and O–H groups in total. The summed E-state index contributed by atoms with van der Waals surface area (Å²) in [6.07, 6.45) is 5.10. The molecule has 80 valence electrons. The first-order valence-corrected chi connectivity index (χ1v) is 4.77. The number of carbonyl (C=O) groups is 2. The number of hydrogen-bond acceptors (Lipinski definition) is 2. The number of carboxylic acid groups (broad SMARTS) is 1. The molecule has 0 radical (unpaired) electrons. The molecule has 0 spiro atoms. The molecule has 4 heteroatoms. The fourth-order valence-corrected chi connectivity index (χ4v) is 1.04. The van der Waals surface area contributed by atoms with E-state index in [4.69, 9.17) is 5.11 Å². The van der Waals surface area contributed by atoms with Gasteiger partial charge in [0, 0.05) is 0 Å². The molecule has 0 fully saturated rings. The molecule has 0 rings (SSSR count). The molecule has 0 heterocycles. The molecule has 0 aliphatic carbocycles. The lowest BCUT2D eigenvalue weighted by atomic mass is 10.1. The normalized spacial score (nSPS) is 12.7. The number of aliphatic carboxylic acids is 1. The standard InChI is InChI=1S/C10H17NO3/c1-3-5-7-8(10(13)14)11-9(12)6-4-2/h4,6,8H,3,5,7H2,1-2H3,(H,11,12)(H,13,14)/b6-4+/t8-/m0/s1. The minimum Gasteiger partial charge on any atom is -0.480 e. The van der Waals surface area contributed by atoms with Crippen LogP contribution < -0.4 is 5.32 Å². The van der Waals surface area contributed by atoms with Gasteiger partial charge in [-0.2, -0.15) is 0 Å². The first kappa shape index (κ1) is 12.7. The molecule has 0 aliphatic heterocycles. The Morgan fingerprint density at radius 1 is 1.50 bits per heavy atom. The summed E-state index contributed by atoms with van der Waals surface area (Å²) < 4.78 is 0. The molecular weight excluding hydrogens is 182 g/mol. The first-order chi connectivity index (χ1) is 6.61. The summed E-state index contributed by atoms with van der Waals surface area (Å²) in [7, 11) is 0. The number of nitrogens with one attached hydrogen (secondary N) is 1. The van der Waals surface area contributed by atoms with E-state index in [1.54, 1.807) is 13.0 Å². The zero-order valence-electron chi connectivity index (χ0n) is 8.62. The van der Waals surface area contributed by atoms with Crippen LogP contribution in [-0.2, 0) is 9.59 Å². The molecule has 1 amide bonds. The number of amides is 1. The van der Waals surface area contributed by atoms with E-state index in [2.05, 4.69) is 5.32 Å². The fourth-order valence-electron chi connectivity index (χ4n) is 1.04. The van der Waals surface area contributed by atoms with Gasteiger partial charge in [-0.05, 0) is 19.4 Å². The van der Waals surface area contributed by atoms with E-state index in [0.717, 1.165) is 12.8 Å². The first-order valence-electron chi connectivity index (χ1n) is 4.77. The molecule has 1 atom stereocenters.